The summed E-state index contributed by atoms with van der Waals surface area (Å²) in [4.78, 5) is 19.2. The molecule has 70 valence electrons. The standard InChI is InChI=1S/C6H7N3O4/c7-6(9(12)13)4-2-1-3-5(6)8(10)11/h1-3H,4,7H2. The molecule has 7 heteroatoms. The first-order chi connectivity index (χ1) is 5.98. The van der Waals surface area contributed by atoms with E-state index in [0.29, 0.717) is 0 Å². The first-order valence-electron chi connectivity index (χ1n) is 3.43. The number of hydrogen-bond acceptors (Lipinski definition) is 5. The molecule has 0 radical (unpaired) electrons. The highest BCUT2D eigenvalue weighted by atomic mass is 16.6. The van der Waals surface area contributed by atoms with Crippen LogP contribution in [-0.4, -0.2) is 15.5 Å². The van der Waals surface area contributed by atoms with Gasteiger partial charge in [-0.1, -0.05) is 12.2 Å². The highest BCUT2D eigenvalue weighted by Crippen LogP contribution is 2.23. The summed E-state index contributed by atoms with van der Waals surface area (Å²) in [5.74, 6) is 0. The smallest absolute Gasteiger partial charge is 0.262 e. The van der Waals surface area contributed by atoms with Gasteiger partial charge in [0.2, 0.25) is 0 Å². The van der Waals surface area contributed by atoms with Crippen LogP contribution in [0.2, 0.25) is 0 Å². The predicted octanol–water partition coefficient (Wildman–Crippen LogP) is 0.0386. The van der Waals surface area contributed by atoms with Crippen molar-refractivity contribution >= 4 is 0 Å². The SMILES string of the molecule is NC1([N+](=O)[O-])CC=CC=C1[N+](=O)[O-]. The summed E-state index contributed by atoms with van der Waals surface area (Å²) in [6.45, 7) is 0. The van der Waals surface area contributed by atoms with Crippen LogP contribution in [0, 0.1) is 20.2 Å². The van der Waals surface area contributed by atoms with E-state index in [2.05, 4.69) is 0 Å². The Morgan fingerprint density at radius 2 is 2.08 bits per heavy atom. The molecule has 0 aromatic carbocycles. The van der Waals surface area contributed by atoms with Gasteiger partial charge in [-0.25, -0.2) is 0 Å². The molecule has 0 saturated heterocycles. The summed E-state index contributed by atoms with van der Waals surface area (Å²) in [5, 5.41) is 20.9. The fourth-order valence-corrected chi connectivity index (χ4v) is 1.04. The Morgan fingerprint density at radius 1 is 1.46 bits per heavy atom. The molecule has 0 bridgehead atoms. The molecule has 0 spiro atoms. The van der Waals surface area contributed by atoms with Crippen molar-refractivity contribution in [3.63, 3.8) is 0 Å². The van der Waals surface area contributed by atoms with E-state index in [1.807, 2.05) is 0 Å². The molecule has 1 rings (SSSR count). The lowest BCUT2D eigenvalue weighted by atomic mass is 9.99. The highest BCUT2D eigenvalue weighted by Gasteiger charge is 2.51. The fourth-order valence-electron chi connectivity index (χ4n) is 1.04. The Bertz CT molecular complexity index is 322. The van der Waals surface area contributed by atoms with E-state index in [-0.39, 0.29) is 6.42 Å². The van der Waals surface area contributed by atoms with Crippen LogP contribution in [0.4, 0.5) is 0 Å². The van der Waals surface area contributed by atoms with Gasteiger partial charge in [0, 0.05) is 6.08 Å². The Morgan fingerprint density at radius 3 is 2.46 bits per heavy atom. The first-order valence-corrected chi connectivity index (χ1v) is 3.43. The Kier molecular flexibility index (Phi) is 2.11. The molecule has 7 nitrogen and oxygen atoms in total. The van der Waals surface area contributed by atoms with E-state index in [4.69, 9.17) is 5.73 Å². The van der Waals surface area contributed by atoms with Gasteiger partial charge in [0.25, 0.3) is 0 Å². The molecule has 13 heavy (non-hydrogen) atoms. The summed E-state index contributed by atoms with van der Waals surface area (Å²) in [7, 11) is 0. The van der Waals surface area contributed by atoms with Gasteiger partial charge < -0.3 is 0 Å². The van der Waals surface area contributed by atoms with Crippen molar-refractivity contribution in [1.29, 1.82) is 0 Å². The van der Waals surface area contributed by atoms with Crippen molar-refractivity contribution in [1.82, 2.24) is 0 Å². The molecule has 0 aliphatic heterocycles. The van der Waals surface area contributed by atoms with Crippen molar-refractivity contribution in [2.24, 2.45) is 5.73 Å². The number of nitro groups is 2. The van der Waals surface area contributed by atoms with Gasteiger partial charge >= 0.3 is 11.4 Å². The molecule has 1 atom stereocenters. The maximum Gasteiger partial charge on any atom is 0.365 e. The quantitative estimate of drug-likeness (QED) is 0.370. The minimum atomic E-state index is -2.09. The highest BCUT2D eigenvalue weighted by molar-refractivity contribution is 5.21. The molecule has 0 saturated carbocycles. The Hall–Kier alpha value is -1.76. The van der Waals surface area contributed by atoms with Gasteiger partial charge in [0.15, 0.2) is 0 Å². The largest absolute Gasteiger partial charge is 0.365 e. The molecule has 1 aliphatic carbocycles. The molecule has 0 heterocycles. The van der Waals surface area contributed by atoms with Crippen LogP contribution in [-0.2, 0) is 0 Å². The summed E-state index contributed by atoms with van der Waals surface area (Å²) in [5.41, 5.74) is 2.62. The van der Waals surface area contributed by atoms with E-state index in [1.54, 1.807) is 0 Å². The van der Waals surface area contributed by atoms with E-state index in [9.17, 15) is 20.2 Å². The summed E-state index contributed by atoms with van der Waals surface area (Å²) >= 11 is 0. The summed E-state index contributed by atoms with van der Waals surface area (Å²) in [6.07, 6.45) is 3.70. The van der Waals surface area contributed by atoms with Crippen LogP contribution in [0.1, 0.15) is 6.42 Å². The zero-order valence-corrected chi connectivity index (χ0v) is 6.54. The molecule has 1 aliphatic rings. The third-order valence-electron chi connectivity index (χ3n) is 1.79. The maximum absolute atomic E-state index is 10.5. The van der Waals surface area contributed by atoms with Gasteiger partial charge in [-0.15, -0.1) is 0 Å². The number of nitrogens with two attached hydrogens (primary N) is 1. The molecule has 0 aromatic rings. The summed E-state index contributed by atoms with van der Waals surface area (Å²) < 4.78 is 0. The average molecular weight is 185 g/mol. The second-order valence-corrected chi connectivity index (χ2v) is 2.62. The topological polar surface area (TPSA) is 112 Å². The fraction of sp³-hybridized carbons (Fsp3) is 0.333. The first kappa shape index (κ1) is 9.33. The minimum absolute atomic E-state index is 0.160. The van der Waals surface area contributed by atoms with Gasteiger partial charge in [0.1, 0.15) is 0 Å². The zero-order valence-electron chi connectivity index (χ0n) is 6.54. The molecule has 0 aromatic heterocycles. The zero-order chi connectivity index (χ0) is 10.1. The van der Waals surface area contributed by atoms with Crippen LogP contribution >= 0.6 is 0 Å². The molecular formula is C6H7N3O4. The number of rotatable bonds is 2. The van der Waals surface area contributed by atoms with Crippen LogP contribution in [0.3, 0.4) is 0 Å². The van der Waals surface area contributed by atoms with Crippen LogP contribution in [0.25, 0.3) is 0 Å². The van der Waals surface area contributed by atoms with Crippen LogP contribution in [0.15, 0.2) is 23.9 Å². The lowest BCUT2D eigenvalue weighted by molar-refractivity contribution is -0.595. The third-order valence-corrected chi connectivity index (χ3v) is 1.79. The van der Waals surface area contributed by atoms with E-state index < -0.39 is 21.2 Å². The van der Waals surface area contributed by atoms with Crippen molar-refractivity contribution < 1.29 is 9.85 Å². The van der Waals surface area contributed by atoms with Crippen LogP contribution < -0.4 is 5.73 Å². The van der Waals surface area contributed by atoms with Gasteiger partial charge in [-0.05, 0) is 0 Å². The molecule has 0 fully saturated rings. The monoisotopic (exact) mass is 185 g/mol. The predicted molar refractivity (Wildman–Crippen MR) is 42.7 cm³/mol. The second kappa shape index (κ2) is 2.94. The number of hydrogen-bond donors (Lipinski definition) is 1. The van der Waals surface area contributed by atoms with Crippen molar-refractivity contribution in [3.8, 4) is 0 Å². The number of nitrogens with zero attached hydrogens (tertiary/aromatic N) is 2. The van der Waals surface area contributed by atoms with Crippen molar-refractivity contribution in [3.05, 3.63) is 44.2 Å². The number of allylic oxidation sites excluding steroid dienone is 2. The second-order valence-electron chi connectivity index (χ2n) is 2.62. The maximum atomic E-state index is 10.5. The van der Waals surface area contributed by atoms with E-state index in [0.717, 1.165) is 6.08 Å². The normalized spacial score (nSPS) is 26.7. The lowest BCUT2D eigenvalue weighted by Crippen LogP contribution is -2.51. The molecule has 0 amide bonds. The molecular weight excluding hydrogens is 178 g/mol. The van der Waals surface area contributed by atoms with E-state index >= 15 is 0 Å². The molecule has 1 unspecified atom stereocenters. The van der Waals surface area contributed by atoms with Gasteiger partial charge in [0.05, 0.1) is 16.3 Å². The van der Waals surface area contributed by atoms with Crippen molar-refractivity contribution in [2.75, 3.05) is 0 Å². The van der Waals surface area contributed by atoms with E-state index in [1.165, 1.54) is 12.2 Å². The Balaban J connectivity index is 3.13. The average Bonchev–Trinajstić information content (AvgIpc) is 2.04. The minimum Gasteiger partial charge on any atom is -0.262 e. The van der Waals surface area contributed by atoms with Gasteiger partial charge in [-0.2, -0.15) is 0 Å². The van der Waals surface area contributed by atoms with Gasteiger partial charge in [-0.3, -0.25) is 26.0 Å². The Labute approximate surface area is 72.8 Å². The summed E-state index contributed by atoms with van der Waals surface area (Å²) in [6, 6.07) is 0. The van der Waals surface area contributed by atoms with Crippen molar-refractivity contribution in [2.45, 2.75) is 12.1 Å². The third kappa shape index (κ3) is 1.41. The van der Waals surface area contributed by atoms with Crippen LogP contribution in [0.5, 0.6) is 0 Å². The lowest BCUT2D eigenvalue weighted by Gasteiger charge is -2.17. The molecule has 2 N–H and O–H groups in total.